The second-order valence-corrected chi connectivity index (χ2v) is 9.44. The molecule has 0 unspecified atom stereocenters. The molecule has 0 N–H and O–H groups in total. The van der Waals surface area contributed by atoms with Crippen LogP contribution in [0, 0.1) is 0 Å². The first-order chi connectivity index (χ1) is 4.46. The molecule has 0 aromatic heterocycles. The lowest BCUT2D eigenvalue weighted by atomic mass is 10.6. The van der Waals surface area contributed by atoms with Crippen molar-refractivity contribution < 1.29 is 0 Å². The summed E-state index contributed by atoms with van der Waals surface area (Å²) in [5.41, 5.74) is 0. The summed E-state index contributed by atoms with van der Waals surface area (Å²) < 4.78 is 4.08. The topological polar surface area (TPSA) is 0 Å². The minimum absolute atomic E-state index is 1.01. The molecule has 6 heteroatoms. The average molecular weight is 621 g/mol. The van der Waals surface area contributed by atoms with Crippen LogP contribution < -0.4 is 0 Å². The van der Waals surface area contributed by atoms with Crippen LogP contribution in [-0.4, -0.2) is 0 Å². The van der Waals surface area contributed by atoms with E-state index in [1.54, 1.807) is 0 Å². The quantitative estimate of drug-likeness (QED) is 0.258. The van der Waals surface area contributed by atoms with Gasteiger partial charge in [0.25, 0.3) is 0 Å². The Morgan fingerprint density at radius 1 is 0.700 bits per heavy atom. The predicted molar refractivity (Wildman–Crippen MR) is 77.8 cm³/mol. The van der Waals surface area contributed by atoms with Gasteiger partial charge in [-0.2, -0.15) is 0 Å². The molecule has 0 atom stereocenters. The molecule has 0 aromatic rings. The lowest BCUT2D eigenvalue weighted by molar-refractivity contribution is 1.99. The maximum absolute atomic E-state index is 3.39. The standard InChI is InChI=1S/C4Br4I2/c5-1(3(7)9)2(6)4(8)10/b3-1+,4-2+. The number of allylic oxidation sites excluding steroid dienone is 2. The summed E-state index contributed by atoms with van der Waals surface area (Å²) in [6.45, 7) is 0. The van der Waals surface area contributed by atoms with E-state index in [1.165, 1.54) is 0 Å². The maximum Gasteiger partial charge on any atom is 0.0713 e. The first-order valence-electron chi connectivity index (χ1n) is 1.88. The van der Waals surface area contributed by atoms with Crippen LogP contribution in [0.2, 0.25) is 0 Å². The molecule has 0 fully saturated rings. The van der Waals surface area contributed by atoms with Crippen LogP contribution in [0.5, 0.6) is 0 Å². The van der Waals surface area contributed by atoms with Gasteiger partial charge in [0.05, 0.1) is 13.9 Å². The number of hydrogen-bond donors (Lipinski definition) is 0. The Balaban J connectivity index is 4.71. The normalized spacial score (nSPS) is 16.2. The largest absolute Gasteiger partial charge is 0.0713 e. The molecular weight excluding hydrogens is 621 g/mol. The minimum atomic E-state index is 1.01. The van der Waals surface area contributed by atoms with Crippen molar-refractivity contribution in [2.45, 2.75) is 0 Å². The second-order valence-electron chi connectivity index (χ2n) is 1.15. The van der Waals surface area contributed by atoms with E-state index in [0.29, 0.717) is 0 Å². The van der Waals surface area contributed by atoms with Crippen LogP contribution in [0.3, 0.4) is 0 Å². The van der Waals surface area contributed by atoms with E-state index in [4.69, 9.17) is 0 Å². The van der Waals surface area contributed by atoms with Crippen LogP contribution in [-0.2, 0) is 0 Å². The van der Waals surface area contributed by atoms with E-state index < -0.39 is 0 Å². The summed E-state index contributed by atoms with van der Waals surface area (Å²) in [5, 5.41) is 0. The third kappa shape index (κ3) is 4.78. The Morgan fingerprint density at radius 2 is 0.900 bits per heavy atom. The summed E-state index contributed by atoms with van der Waals surface area (Å²) in [4.78, 5) is 0. The van der Waals surface area contributed by atoms with Gasteiger partial charge in [-0.3, -0.25) is 0 Å². The monoisotopic (exact) mass is 617 g/mol. The van der Waals surface area contributed by atoms with Gasteiger partial charge in [-0.25, -0.2) is 0 Å². The van der Waals surface area contributed by atoms with Crippen molar-refractivity contribution in [2.24, 2.45) is 0 Å². The highest BCUT2D eigenvalue weighted by molar-refractivity contribution is 14.1. The highest BCUT2D eigenvalue weighted by Gasteiger charge is 2.04. The van der Waals surface area contributed by atoms with Gasteiger partial charge >= 0.3 is 0 Å². The molecule has 0 nitrogen and oxygen atoms in total. The Kier molecular flexibility index (Phi) is 8.15. The fourth-order valence-electron chi connectivity index (χ4n) is 0.166. The van der Waals surface area contributed by atoms with E-state index in [-0.39, 0.29) is 0 Å². The van der Waals surface area contributed by atoms with E-state index in [9.17, 15) is 0 Å². The smallest absolute Gasteiger partial charge is 0.0478 e. The average Bonchev–Trinajstić information content (AvgIpc) is 1.84. The fraction of sp³-hybridized carbons (Fsp3) is 0. The van der Waals surface area contributed by atoms with Gasteiger partial charge < -0.3 is 0 Å². The molecule has 0 aliphatic heterocycles. The summed E-state index contributed by atoms with van der Waals surface area (Å²) in [5.74, 6) is 0. The summed E-state index contributed by atoms with van der Waals surface area (Å²) in [6.07, 6.45) is 0. The van der Waals surface area contributed by atoms with Gasteiger partial charge in [-0.05, 0) is 109 Å². The van der Waals surface area contributed by atoms with Crippen molar-refractivity contribution in [1.29, 1.82) is 0 Å². The number of rotatable bonds is 1. The van der Waals surface area contributed by atoms with Gasteiger partial charge in [0, 0.05) is 0 Å². The zero-order chi connectivity index (χ0) is 8.31. The van der Waals surface area contributed by atoms with E-state index in [1.807, 2.05) is 0 Å². The lowest BCUT2D eigenvalue weighted by Gasteiger charge is -1.97. The summed E-state index contributed by atoms with van der Waals surface area (Å²) in [7, 11) is 0. The SMILES string of the molecule is Br/C(I)=C(Br)/C(Br)=C(/Br)I. The van der Waals surface area contributed by atoms with Crippen molar-refractivity contribution in [1.82, 2.24) is 0 Å². The third-order valence-corrected chi connectivity index (χ3v) is 7.06. The van der Waals surface area contributed by atoms with Gasteiger partial charge in [0.1, 0.15) is 0 Å². The maximum atomic E-state index is 3.39. The highest BCUT2D eigenvalue weighted by Crippen LogP contribution is 2.38. The predicted octanol–water partition coefficient (Wildman–Crippen LogP) is 5.77. The highest BCUT2D eigenvalue weighted by atomic mass is 127. The van der Waals surface area contributed by atoms with Crippen molar-refractivity contribution in [2.75, 3.05) is 0 Å². The van der Waals surface area contributed by atoms with E-state index in [2.05, 4.69) is 109 Å². The molecule has 0 saturated carbocycles. The van der Waals surface area contributed by atoms with Crippen molar-refractivity contribution in [3.05, 3.63) is 13.9 Å². The van der Waals surface area contributed by atoms with Crippen LogP contribution in [0.25, 0.3) is 0 Å². The molecule has 0 aromatic carbocycles. The van der Waals surface area contributed by atoms with Gasteiger partial charge in [0.15, 0.2) is 0 Å². The molecule has 0 aliphatic rings. The molecule has 0 spiro atoms. The minimum Gasteiger partial charge on any atom is -0.0478 e. The zero-order valence-corrected chi connectivity index (χ0v) is 14.9. The molecule has 0 saturated heterocycles. The molecule has 0 rings (SSSR count). The Morgan fingerprint density at radius 3 is 1.00 bits per heavy atom. The van der Waals surface area contributed by atoms with Crippen molar-refractivity contribution in [3.63, 3.8) is 0 Å². The molecule has 0 heterocycles. The van der Waals surface area contributed by atoms with E-state index >= 15 is 0 Å². The van der Waals surface area contributed by atoms with Gasteiger partial charge in [0.2, 0.25) is 0 Å². The first kappa shape index (κ1) is 12.9. The molecule has 0 bridgehead atoms. The van der Waals surface area contributed by atoms with E-state index in [0.717, 1.165) is 13.9 Å². The summed E-state index contributed by atoms with van der Waals surface area (Å²) in [6, 6.07) is 0. The first-order valence-corrected chi connectivity index (χ1v) is 7.21. The molecule has 0 radical (unpaired) electrons. The molecule has 0 amide bonds. The summed E-state index contributed by atoms with van der Waals surface area (Å²) >= 11 is 17.8. The zero-order valence-electron chi connectivity index (χ0n) is 4.27. The van der Waals surface area contributed by atoms with Gasteiger partial charge in [-0.15, -0.1) is 0 Å². The number of halogens is 6. The Hall–Kier alpha value is 2.86. The van der Waals surface area contributed by atoms with Gasteiger partial charge in [-0.1, -0.05) is 0 Å². The van der Waals surface area contributed by atoms with Crippen LogP contribution >= 0.6 is 109 Å². The second kappa shape index (κ2) is 6.33. The van der Waals surface area contributed by atoms with Crippen LogP contribution in [0.15, 0.2) is 13.9 Å². The lowest BCUT2D eigenvalue weighted by Crippen LogP contribution is -1.70. The number of hydrogen-bond acceptors (Lipinski definition) is 0. The fourth-order valence-corrected chi connectivity index (χ4v) is 2.77. The van der Waals surface area contributed by atoms with Crippen LogP contribution in [0.4, 0.5) is 0 Å². The molecule has 58 valence electrons. The third-order valence-electron chi connectivity index (χ3n) is 0.525. The Bertz CT molecular complexity index is 165. The molecule has 10 heavy (non-hydrogen) atoms. The Labute approximate surface area is 120 Å². The van der Waals surface area contributed by atoms with Crippen molar-refractivity contribution >= 4 is 109 Å². The molecule has 0 aliphatic carbocycles. The van der Waals surface area contributed by atoms with Crippen LogP contribution in [0.1, 0.15) is 0 Å². The molecular formula is C4Br4I2. The van der Waals surface area contributed by atoms with Crippen molar-refractivity contribution in [3.8, 4) is 0 Å².